The average molecular weight is 1150 g/mol. The first-order valence-electron chi connectivity index (χ1n) is 27.7. The second-order valence-electron chi connectivity index (χ2n) is 20.5. The first-order valence-corrected chi connectivity index (χ1v) is 28.5. The molecule has 16 aromatic rings. The van der Waals surface area contributed by atoms with E-state index in [2.05, 4.69) is 199 Å². The highest BCUT2D eigenvalue weighted by atomic mass is 79.9. The van der Waals surface area contributed by atoms with Crippen LogP contribution in [-0.4, -0.2) is 36.3 Å². The van der Waals surface area contributed by atoms with E-state index in [0.717, 1.165) is 87.7 Å². The van der Waals surface area contributed by atoms with Gasteiger partial charge in [0.15, 0.2) is 11.2 Å². The van der Waals surface area contributed by atoms with Crippen LogP contribution in [0.15, 0.2) is 304 Å². The molecule has 0 atom stereocenters. The van der Waals surface area contributed by atoms with E-state index in [1.54, 1.807) is 6.07 Å². The summed E-state index contributed by atoms with van der Waals surface area (Å²) in [4.78, 5) is 9.09. The van der Waals surface area contributed by atoms with E-state index in [1.807, 2.05) is 121 Å². The average Bonchev–Trinajstić information content (AvgIpc) is 4.29. The van der Waals surface area contributed by atoms with Crippen LogP contribution in [-0.2, 0) is 0 Å². The van der Waals surface area contributed by atoms with Crippen LogP contribution in [0.5, 0.6) is 0 Å². The Hall–Kier alpha value is -10.4. The standard InChI is InChI=1S/C37H24N2O.C24H18BNO2.C13H8BrNO/c1-3-9-25(10-4-1)28-19-21-34-31(23-28)32-24-29(20-22-35(32)39(34)30-11-5-2-6-12-30)26-15-17-27(18-16-26)37-38-33-13-7-8-14-36(33)40-37;27-25(28)19-12-14-24-22(16-19)21-15-18(17-7-3-1-4-8-17)11-13-23(21)26(24)20-9-5-2-6-10-20;14-10-7-5-9(6-8-10)13-15-11-3-1-2-4-12(11)16-13/h1-24H;1-16,27-28H;1-8H. The molecule has 8 nitrogen and oxygen atoms in total. The number of halogens is 1. The second-order valence-corrected chi connectivity index (χ2v) is 21.4. The van der Waals surface area contributed by atoms with Crippen molar-refractivity contribution in [2.45, 2.75) is 0 Å². The van der Waals surface area contributed by atoms with Crippen molar-refractivity contribution in [3.05, 3.63) is 296 Å². The van der Waals surface area contributed by atoms with Gasteiger partial charge in [-0.05, 0) is 166 Å². The van der Waals surface area contributed by atoms with Gasteiger partial charge in [0.2, 0.25) is 11.8 Å². The molecular formula is C74H50BBrN4O4. The summed E-state index contributed by atoms with van der Waals surface area (Å²) in [6, 6.07) is 99.3. The number of hydrogen-bond acceptors (Lipinski definition) is 6. The molecule has 16 rings (SSSR count). The van der Waals surface area contributed by atoms with E-state index in [-0.39, 0.29) is 0 Å². The smallest absolute Gasteiger partial charge is 0.436 e. The Bertz CT molecular complexity index is 4920. The lowest BCUT2D eigenvalue weighted by atomic mass is 9.80. The normalized spacial score (nSPS) is 11.3. The van der Waals surface area contributed by atoms with Crippen molar-refractivity contribution in [1.82, 2.24) is 19.1 Å². The van der Waals surface area contributed by atoms with Crippen molar-refractivity contribution in [3.8, 4) is 67.7 Å². The summed E-state index contributed by atoms with van der Waals surface area (Å²) in [5, 5.41) is 23.9. The second kappa shape index (κ2) is 22.5. The molecule has 0 amide bonds. The summed E-state index contributed by atoms with van der Waals surface area (Å²) < 4.78 is 17.3. The fourth-order valence-electron chi connectivity index (χ4n) is 11.1. The van der Waals surface area contributed by atoms with E-state index in [9.17, 15) is 10.0 Å². The number of rotatable bonds is 8. The Balaban J connectivity index is 0.000000123. The number of fused-ring (bicyclic) bond motifs is 8. The Morgan fingerprint density at radius 1 is 0.310 bits per heavy atom. The fourth-order valence-corrected chi connectivity index (χ4v) is 11.4. The predicted molar refractivity (Wildman–Crippen MR) is 348 cm³/mol. The molecule has 400 valence electrons. The van der Waals surface area contributed by atoms with Crippen LogP contribution in [0, 0.1) is 0 Å². The molecule has 10 heteroatoms. The number of para-hydroxylation sites is 6. The Morgan fingerprint density at radius 3 is 1.04 bits per heavy atom. The van der Waals surface area contributed by atoms with E-state index >= 15 is 0 Å². The minimum atomic E-state index is -1.49. The lowest BCUT2D eigenvalue weighted by Crippen LogP contribution is -2.29. The molecule has 0 unspecified atom stereocenters. The van der Waals surface area contributed by atoms with Crippen LogP contribution in [0.25, 0.3) is 133 Å². The van der Waals surface area contributed by atoms with Gasteiger partial charge < -0.3 is 28.0 Å². The Morgan fingerprint density at radius 2 is 0.631 bits per heavy atom. The largest absolute Gasteiger partial charge is 0.488 e. The van der Waals surface area contributed by atoms with Gasteiger partial charge in [-0.15, -0.1) is 0 Å². The molecule has 0 fully saturated rings. The third-order valence-corrected chi connectivity index (χ3v) is 15.8. The number of benzene rings is 12. The van der Waals surface area contributed by atoms with Gasteiger partial charge in [0.05, 0.1) is 22.1 Å². The van der Waals surface area contributed by atoms with Gasteiger partial charge in [-0.2, -0.15) is 0 Å². The van der Waals surface area contributed by atoms with Gasteiger partial charge in [-0.1, -0.05) is 180 Å². The van der Waals surface area contributed by atoms with Crippen molar-refractivity contribution >= 4 is 94.3 Å². The van der Waals surface area contributed by atoms with Crippen LogP contribution in [0.3, 0.4) is 0 Å². The molecule has 0 aliphatic carbocycles. The Labute approximate surface area is 492 Å². The van der Waals surface area contributed by atoms with Gasteiger partial charge in [0.1, 0.15) is 11.0 Å². The topological polar surface area (TPSA) is 102 Å². The molecule has 0 saturated carbocycles. The quantitative estimate of drug-likeness (QED) is 0.147. The van der Waals surface area contributed by atoms with E-state index in [1.165, 1.54) is 38.5 Å². The summed E-state index contributed by atoms with van der Waals surface area (Å²) in [7, 11) is -1.49. The molecule has 84 heavy (non-hydrogen) atoms. The highest BCUT2D eigenvalue weighted by Crippen LogP contribution is 2.39. The lowest BCUT2D eigenvalue weighted by molar-refractivity contribution is 0.426. The monoisotopic (exact) mass is 1150 g/mol. The Kier molecular flexibility index (Phi) is 13.9. The molecule has 0 radical (unpaired) electrons. The molecule has 0 saturated heterocycles. The molecular weight excluding hydrogens is 1100 g/mol. The molecule has 4 heterocycles. The summed E-state index contributed by atoms with van der Waals surface area (Å²) in [6.07, 6.45) is 0. The summed E-state index contributed by atoms with van der Waals surface area (Å²) in [5.41, 5.74) is 19.6. The third-order valence-electron chi connectivity index (χ3n) is 15.2. The molecule has 0 spiro atoms. The van der Waals surface area contributed by atoms with E-state index < -0.39 is 7.12 Å². The first-order chi connectivity index (χ1) is 41.4. The van der Waals surface area contributed by atoms with Gasteiger partial charge in [-0.3, -0.25) is 0 Å². The molecule has 2 N–H and O–H groups in total. The van der Waals surface area contributed by atoms with Crippen molar-refractivity contribution in [2.24, 2.45) is 0 Å². The molecule has 4 aromatic heterocycles. The third kappa shape index (κ3) is 10.2. The molecule has 12 aromatic carbocycles. The fraction of sp³-hybridized carbons (Fsp3) is 0. The zero-order valence-corrected chi connectivity index (χ0v) is 46.8. The molecule has 0 aliphatic rings. The van der Waals surface area contributed by atoms with Crippen LogP contribution < -0.4 is 5.46 Å². The zero-order valence-electron chi connectivity index (χ0n) is 45.2. The van der Waals surface area contributed by atoms with Crippen LogP contribution in [0.2, 0.25) is 0 Å². The summed E-state index contributed by atoms with van der Waals surface area (Å²) in [6.45, 7) is 0. The highest BCUT2D eigenvalue weighted by molar-refractivity contribution is 9.10. The molecule has 0 bridgehead atoms. The maximum Gasteiger partial charge on any atom is 0.488 e. The maximum absolute atomic E-state index is 9.66. The van der Waals surface area contributed by atoms with Crippen molar-refractivity contribution in [1.29, 1.82) is 0 Å². The van der Waals surface area contributed by atoms with Gasteiger partial charge in [-0.25, -0.2) is 9.97 Å². The van der Waals surface area contributed by atoms with E-state index in [0.29, 0.717) is 17.2 Å². The predicted octanol–water partition coefficient (Wildman–Crippen LogP) is 18.3. The van der Waals surface area contributed by atoms with Crippen LogP contribution >= 0.6 is 15.9 Å². The van der Waals surface area contributed by atoms with Crippen LogP contribution in [0.4, 0.5) is 0 Å². The van der Waals surface area contributed by atoms with Gasteiger partial charge in [0, 0.05) is 48.5 Å². The first kappa shape index (κ1) is 51.8. The summed E-state index contributed by atoms with van der Waals surface area (Å²) in [5.74, 6) is 1.30. The van der Waals surface area contributed by atoms with Gasteiger partial charge >= 0.3 is 7.12 Å². The van der Waals surface area contributed by atoms with E-state index in [4.69, 9.17) is 8.83 Å². The van der Waals surface area contributed by atoms with Crippen molar-refractivity contribution < 1.29 is 18.9 Å². The summed E-state index contributed by atoms with van der Waals surface area (Å²) >= 11 is 3.40. The highest BCUT2D eigenvalue weighted by Gasteiger charge is 2.19. The number of hydrogen-bond donors (Lipinski definition) is 2. The van der Waals surface area contributed by atoms with Crippen molar-refractivity contribution in [3.63, 3.8) is 0 Å². The maximum atomic E-state index is 9.66. The minimum absolute atomic E-state index is 0.490. The SMILES string of the molecule is Brc1ccc(-c2nc3ccccc3o2)cc1.OB(O)c1ccc2c(c1)c1cc(-c3ccccc3)ccc1n2-c1ccccc1.c1ccc(-c2ccc3c(c2)c2cc(-c4ccc(-c5nc6ccccc6o5)cc4)ccc2n3-c2ccccc2)cc1. The van der Waals surface area contributed by atoms with Crippen LogP contribution in [0.1, 0.15) is 0 Å². The van der Waals surface area contributed by atoms with Gasteiger partial charge in [0.25, 0.3) is 0 Å². The zero-order chi connectivity index (χ0) is 56.5. The number of nitrogens with zero attached hydrogens (tertiary/aromatic N) is 4. The van der Waals surface area contributed by atoms with Crippen molar-refractivity contribution in [2.75, 3.05) is 0 Å². The number of aromatic nitrogens is 4. The lowest BCUT2D eigenvalue weighted by Gasteiger charge is -2.08. The number of oxazole rings is 2. The minimum Gasteiger partial charge on any atom is -0.436 e. The molecule has 0 aliphatic heterocycles.